The van der Waals surface area contributed by atoms with Gasteiger partial charge < -0.3 is 10.1 Å². The van der Waals surface area contributed by atoms with Crippen LogP contribution < -0.4 is 0 Å². The van der Waals surface area contributed by atoms with Crippen LogP contribution in [0.25, 0.3) is 10.9 Å². The van der Waals surface area contributed by atoms with Gasteiger partial charge in [0.1, 0.15) is 0 Å². The molecule has 1 atom stereocenters. The van der Waals surface area contributed by atoms with Gasteiger partial charge in [0.15, 0.2) is 6.04 Å². The van der Waals surface area contributed by atoms with Crippen molar-refractivity contribution in [2.75, 3.05) is 0 Å². The number of aromatic amines is 1. The molecule has 0 bridgehead atoms. The van der Waals surface area contributed by atoms with E-state index in [-0.39, 0.29) is 5.41 Å². The molecule has 4 nitrogen and oxygen atoms in total. The van der Waals surface area contributed by atoms with Gasteiger partial charge >= 0.3 is 5.97 Å². The number of para-hydroxylation sites is 1. The Bertz CT molecular complexity index is 635. The van der Waals surface area contributed by atoms with Gasteiger partial charge in [0.05, 0.1) is 0 Å². The molecule has 1 unspecified atom stereocenters. The third-order valence-electron chi connectivity index (χ3n) is 3.02. The van der Waals surface area contributed by atoms with E-state index in [4.69, 9.17) is 0 Å². The lowest BCUT2D eigenvalue weighted by Gasteiger charge is -2.13. The van der Waals surface area contributed by atoms with Crippen LogP contribution in [0, 0.1) is 5.41 Å². The highest BCUT2D eigenvalue weighted by Gasteiger charge is 2.19. The Morgan fingerprint density at radius 2 is 2.10 bits per heavy atom. The summed E-state index contributed by atoms with van der Waals surface area (Å²) in [6.07, 6.45) is 3.99. The van der Waals surface area contributed by atoms with Crippen LogP contribution >= 0.6 is 0 Å². The monoisotopic (exact) mass is 272 g/mol. The quantitative estimate of drug-likeness (QED) is 0.839. The molecule has 2 rings (SSSR count). The predicted octanol–water partition coefficient (Wildman–Crippen LogP) is 3.28. The molecule has 2 N–H and O–H groups in total. The van der Waals surface area contributed by atoms with Gasteiger partial charge in [0.2, 0.25) is 0 Å². The highest BCUT2D eigenvalue weighted by atomic mass is 16.4. The van der Waals surface area contributed by atoms with E-state index >= 15 is 0 Å². The Hall–Kier alpha value is -2.10. The molecule has 20 heavy (non-hydrogen) atoms. The highest BCUT2D eigenvalue weighted by molar-refractivity contribution is 5.84. The molecule has 0 aliphatic carbocycles. The largest absolute Gasteiger partial charge is 0.480 e. The minimum absolute atomic E-state index is 0.117. The Balaban J connectivity index is 2.24. The van der Waals surface area contributed by atoms with Crippen LogP contribution in [0.15, 0.2) is 35.5 Å². The second kappa shape index (κ2) is 5.49. The second-order valence-electron chi connectivity index (χ2n) is 6.06. The van der Waals surface area contributed by atoms with Crippen LogP contribution in [0.5, 0.6) is 0 Å². The van der Waals surface area contributed by atoms with E-state index in [1.165, 1.54) is 0 Å². The average Bonchev–Trinajstić information content (AvgIpc) is 2.76. The number of hydrogen-bond donors (Lipinski definition) is 2. The predicted molar refractivity (Wildman–Crippen MR) is 81.4 cm³/mol. The van der Waals surface area contributed by atoms with Crippen molar-refractivity contribution >= 4 is 23.1 Å². The number of nitrogens with zero attached hydrogens (tertiary/aromatic N) is 1. The van der Waals surface area contributed by atoms with Crippen molar-refractivity contribution in [2.24, 2.45) is 10.4 Å². The molecule has 0 aliphatic heterocycles. The summed E-state index contributed by atoms with van der Waals surface area (Å²) in [7, 11) is 0. The number of nitrogens with one attached hydrogen (secondary N) is 1. The number of aromatic nitrogens is 1. The first-order valence-electron chi connectivity index (χ1n) is 6.69. The van der Waals surface area contributed by atoms with Crippen molar-refractivity contribution in [1.29, 1.82) is 0 Å². The summed E-state index contributed by atoms with van der Waals surface area (Å²) in [6.45, 7) is 6.00. The first-order valence-corrected chi connectivity index (χ1v) is 6.69. The van der Waals surface area contributed by atoms with Crippen molar-refractivity contribution in [3.05, 3.63) is 36.0 Å². The molecule has 1 aromatic heterocycles. The maximum atomic E-state index is 11.4. The highest BCUT2D eigenvalue weighted by Crippen LogP contribution is 2.20. The van der Waals surface area contributed by atoms with Crippen molar-refractivity contribution in [3.8, 4) is 0 Å². The Labute approximate surface area is 118 Å². The zero-order valence-electron chi connectivity index (χ0n) is 12.1. The summed E-state index contributed by atoms with van der Waals surface area (Å²) < 4.78 is 0. The maximum Gasteiger partial charge on any atom is 0.328 e. The van der Waals surface area contributed by atoms with Crippen molar-refractivity contribution < 1.29 is 9.90 Å². The number of carbonyl (C=O) groups is 1. The van der Waals surface area contributed by atoms with E-state index in [1.54, 1.807) is 6.21 Å². The summed E-state index contributed by atoms with van der Waals surface area (Å²) in [5.41, 5.74) is 1.89. The van der Waals surface area contributed by atoms with Crippen molar-refractivity contribution in [2.45, 2.75) is 33.2 Å². The van der Waals surface area contributed by atoms with E-state index in [9.17, 15) is 9.90 Å². The van der Waals surface area contributed by atoms with E-state index in [0.29, 0.717) is 6.42 Å². The molecule has 2 aromatic rings. The number of aliphatic carboxylic acids is 1. The lowest BCUT2D eigenvalue weighted by molar-refractivity contribution is -0.138. The minimum atomic E-state index is -0.893. The molecular formula is C16H20N2O2. The molecular weight excluding hydrogens is 252 g/mol. The smallest absolute Gasteiger partial charge is 0.328 e. The normalized spacial score (nSPS) is 13.9. The van der Waals surface area contributed by atoms with Crippen LogP contribution in [0.4, 0.5) is 0 Å². The molecule has 0 fully saturated rings. The molecule has 0 spiro atoms. The summed E-state index contributed by atoms with van der Waals surface area (Å²) in [5, 5.41) is 10.4. The van der Waals surface area contributed by atoms with Crippen LogP contribution in [0.3, 0.4) is 0 Å². The summed E-state index contributed by atoms with van der Waals surface area (Å²) in [6, 6.07) is 7.14. The standard InChI is InChI=1S/C16H20N2O2/c1-16(2,3)10-18-14(15(19)20)8-11-9-17-13-7-5-4-6-12(11)13/h4-7,9-10,14,17H,8H2,1-3H3,(H,19,20). The van der Waals surface area contributed by atoms with Gasteiger partial charge in [-0.05, 0) is 17.0 Å². The van der Waals surface area contributed by atoms with Gasteiger partial charge in [-0.15, -0.1) is 0 Å². The Morgan fingerprint density at radius 1 is 1.40 bits per heavy atom. The van der Waals surface area contributed by atoms with E-state index in [2.05, 4.69) is 9.98 Å². The summed E-state index contributed by atoms with van der Waals surface area (Å²) in [5.74, 6) is -0.893. The molecule has 1 aromatic carbocycles. The molecule has 106 valence electrons. The second-order valence-corrected chi connectivity index (χ2v) is 6.06. The number of aliphatic imine (C=N–C) groups is 1. The van der Waals surface area contributed by atoms with Gasteiger partial charge in [0.25, 0.3) is 0 Å². The molecule has 0 saturated carbocycles. The van der Waals surface area contributed by atoms with Crippen molar-refractivity contribution in [1.82, 2.24) is 4.98 Å². The van der Waals surface area contributed by atoms with Crippen LogP contribution in [0.1, 0.15) is 26.3 Å². The SMILES string of the molecule is CC(C)(C)C=NC(Cc1c[nH]c2ccccc12)C(=O)O. The van der Waals surface area contributed by atoms with Crippen LogP contribution in [-0.2, 0) is 11.2 Å². The maximum absolute atomic E-state index is 11.4. The first-order chi connectivity index (χ1) is 9.37. The summed E-state index contributed by atoms with van der Waals surface area (Å²) in [4.78, 5) is 18.8. The number of rotatable bonds is 4. The number of benzene rings is 1. The van der Waals surface area contributed by atoms with Crippen molar-refractivity contribution in [3.63, 3.8) is 0 Å². The Kier molecular flexibility index (Phi) is 3.93. The topological polar surface area (TPSA) is 65.5 Å². The molecule has 0 saturated heterocycles. The van der Waals surface area contributed by atoms with E-state index < -0.39 is 12.0 Å². The fourth-order valence-corrected chi connectivity index (χ4v) is 2.03. The number of carboxylic acid groups (broad SMARTS) is 1. The molecule has 0 radical (unpaired) electrons. The van der Waals surface area contributed by atoms with Gasteiger partial charge in [-0.1, -0.05) is 39.0 Å². The van der Waals surface area contributed by atoms with Gasteiger partial charge in [-0.3, -0.25) is 4.99 Å². The zero-order valence-corrected chi connectivity index (χ0v) is 12.1. The number of fused-ring (bicyclic) bond motifs is 1. The third-order valence-corrected chi connectivity index (χ3v) is 3.02. The van der Waals surface area contributed by atoms with Gasteiger partial charge in [0, 0.05) is 29.7 Å². The number of H-pyrrole nitrogens is 1. The molecule has 1 heterocycles. The van der Waals surface area contributed by atoms with Gasteiger partial charge in [-0.2, -0.15) is 0 Å². The third kappa shape index (κ3) is 3.47. The Morgan fingerprint density at radius 3 is 2.75 bits per heavy atom. The zero-order chi connectivity index (χ0) is 14.8. The van der Waals surface area contributed by atoms with Crippen LogP contribution in [0.2, 0.25) is 0 Å². The fraction of sp³-hybridized carbons (Fsp3) is 0.375. The van der Waals surface area contributed by atoms with Gasteiger partial charge in [-0.25, -0.2) is 4.79 Å². The number of carboxylic acids is 1. The van der Waals surface area contributed by atoms with E-state index in [1.807, 2.05) is 51.2 Å². The fourth-order valence-electron chi connectivity index (χ4n) is 2.03. The average molecular weight is 272 g/mol. The summed E-state index contributed by atoms with van der Waals surface area (Å²) >= 11 is 0. The molecule has 0 aliphatic rings. The minimum Gasteiger partial charge on any atom is -0.480 e. The molecule has 0 amide bonds. The van der Waals surface area contributed by atoms with E-state index in [0.717, 1.165) is 16.5 Å². The lowest BCUT2D eigenvalue weighted by Crippen LogP contribution is -2.22. The molecule has 4 heteroatoms. The first kappa shape index (κ1) is 14.3. The number of hydrogen-bond acceptors (Lipinski definition) is 2. The van der Waals surface area contributed by atoms with Crippen LogP contribution in [-0.4, -0.2) is 28.3 Å². The lowest BCUT2D eigenvalue weighted by atomic mass is 9.98.